The molecule has 2 rings (SSSR count). The Balaban J connectivity index is 1.96. The van der Waals surface area contributed by atoms with E-state index in [0.717, 1.165) is 4.88 Å². The molecule has 3 nitrogen and oxygen atoms in total. The first-order chi connectivity index (χ1) is 8.20. The number of amides is 1. The number of aryl methyl sites for hydroxylation is 1. The van der Waals surface area contributed by atoms with Gasteiger partial charge in [-0.2, -0.15) is 0 Å². The first-order valence-electron chi connectivity index (χ1n) is 6.28. The molecular formula is C13H20N2OS. The highest BCUT2D eigenvalue weighted by Gasteiger charge is 2.25. The highest BCUT2D eigenvalue weighted by Crippen LogP contribution is 2.27. The van der Waals surface area contributed by atoms with Gasteiger partial charge < -0.3 is 11.1 Å². The van der Waals surface area contributed by atoms with E-state index in [2.05, 4.69) is 5.32 Å². The maximum Gasteiger partial charge on any atom is 0.261 e. The van der Waals surface area contributed by atoms with Crippen molar-refractivity contribution in [2.24, 2.45) is 11.7 Å². The van der Waals surface area contributed by atoms with E-state index in [9.17, 15) is 4.79 Å². The molecule has 94 valence electrons. The Morgan fingerprint density at radius 1 is 1.53 bits per heavy atom. The smallest absolute Gasteiger partial charge is 0.261 e. The molecule has 1 atom stereocenters. The average Bonchev–Trinajstić information content (AvgIpc) is 2.96. The van der Waals surface area contributed by atoms with Crippen molar-refractivity contribution < 1.29 is 4.79 Å². The second-order valence-electron chi connectivity index (χ2n) is 4.77. The topological polar surface area (TPSA) is 55.1 Å². The predicted octanol–water partition coefficient (Wildman–Crippen LogP) is 2.30. The quantitative estimate of drug-likeness (QED) is 0.864. The largest absolute Gasteiger partial charge is 0.347 e. The molecule has 1 saturated carbocycles. The van der Waals surface area contributed by atoms with Crippen molar-refractivity contribution in [3.63, 3.8) is 0 Å². The van der Waals surface area contributed by atoms with Gasteiger partial charge in [0.15, 0.2) is 0 Å². The second kappa shape index (κ2) is 5.65. The molecular weight excluding hydrogens is 232 g/mol. The summed E-state index contributed by atoms with van der Waals surface area (Å²) in [5, 5.41) is 3.08. The van der Waals surface area contributed by atoms with Crippen molar-refractivity contribution in [2.45, 2.75) is 38.6 Å². The van der Waals surface area contributed by atoms with E-state index in [1.807, 2.05) is 19.1 Å². The van der Waals surface area contributed by atoms with Gasteiger partial charge in [-0.1, -0.05) is 12.8 Å². The second-order valence-corrected chi connectivity index (χ2v) is 6.06. The van der Waals surface area contributed by atoms with Gasteiger partial charge in [-0.05, 0) is 37.8 Å². The SMILES string of the molecule is Cc1ccc(C(=O)NC(CN)C2CCCC2)s1. The summed E-state index contributed by atoms with van der Waals surface area (Å²) in [6.07, 6.45) is 4.95. The third-order valence-corrected chi connectivity index (χ3v) is 4.50. The number of hydrogen-bond acceptors (Lipinski definition) is 3. The van der Waals surface area contributed by atoms with Gasteiger partial charge in [0.2, 0.25) is 0 Å². The summed E-state index contributed by atoms with van der Waals surface area (Å²) in [4.78, 5) is 14.0. The fraction of sp³-hybridized carbons (Fsp3) is 0.615. The molecule has 0 spiro atoms. The van der Waals surface area contributed by atoms with Gasteiger partial charge in [-0.25, -0.2) is 0 Å². The van der Waals surface area contributed by atoms with E-state index >= 15 is 0 Å². The number of nitrogens with one attached hydrogen (secondary N) is 1. The molecule has 0 radical (unpaired) electrons. The molecule has 0 aromatic carbocycles. The van der Waals surface area contributed by atoms with Gasteiger partial charge in [-0.15, -0.1) is 11.3 Å². The molecule has 0 aliphatic heterocycles. The minimum absolute atomic E-state index is 0.0328. The van der Waals surface area contributed by atoms with Gasteiger partial charge in [0.1, 0.15) is 0 Å². The van der Waals surface area contributed by atoms with Crippen LogP contribution in [0.25, 0.3) is 0 Å². The van der Waals surface area contributed by atoms with E-state index in [4.69, 9.17) is 5.73 Å². The van der Waals surface area contributed by atoms with Crippen molar-refractivity contribution in [3.05, 3.63) is 21.9 Å². The molecule has 4 heteroatoms. The van der Waals surface area contributed by atoms with E-state index in [0.29, 0.717) is 12.5 Å². The zero-order valence-electron chi connectivity index (χ0n) is 10.2. The number of carbonyl (C=O) groups is 1. The van der Waals surface area contributed by atoms with Crippen molar-refractivity contribution >= 4 is 17.2 Å². The summed E-state index contributed by atoms with van der Waals surface area (Å²) in [6, 6.07) is 4.01. The Hall–Kier alpha value is -0.870. The van der Waals surface area contributed by atoms with Crippen LogP contribution in [-0.4, -0.2) is 18.5 Å². The van der Waals surface area contributed by atoms with Gasteiger partial charge in [-0.3, -0.25) is 4.79 Å². The molecule has 1 aromatic rings. The van der Waals surface area contributed by atoms with Crippen LogP contribution in [0, 0.1) is 12.8 Å². The Labute approximate surface area is 106 Å². The summed E-state index contributed by atoms with van der Waals surface area (Å²) >= 11 is 1.54. The number of rotatable bonds is 4. The Morgan fingerprint density at radius 2 is 2.24 bits per heavy atom. The first kappa shape index (κ1) is 12.6. The Morgan fingerprint density at radius 3 is 2.76 bits per heavy atom. The molecule has 1 aliphatic rings. The van der Waals surface area contributed by atoms with Crippen LogP contribution in [-0.2, 0) is 0 Å². The van der Waals surface area contributed by atoms with E-state index in [1.54, 1.807) is 0 Å². The number of hydrogen-bond donors (Lipinski definition) is 2. The summed E-state index contributed by atoms with van der Waals surface area (Å²) < 4.78 is 0. The van der Waals surface area contributed by atoms with Crippen LogP contribution in [0.1, 0.15) is 40.2 Å². The lowest BCUT2D eigenvalue weighted by Gasteiger charge is -2.22. The minimum atomic E-state index is 0.0328. The van der Waals surface area contributed by atoms with Gasteiger partial charge in [0.25, 0.3) is 5.91 Å². The maximum absolute atomic E-state index is 12.0. The zero-order valence-corrected chi connectivity index (χ0v) is 11.1. The molecule has 1 aromatic heterocycles. The lowest BCUT2D eigenvalue weighted by atomic mass is 9.98. The van der Waals surface area contributed by atoms with Crippen LogP contribution in [0.2, 0.25) is 0 Å². The number of thiophene rings is 1. The molecule has 17 heavy (non-hydrogen) atoms. The molecule has 0 saturated heterocycles. The zero-order chi connectivity index (χ0) is 12.3. The van der Waals surface area contributed by atoms with Crippen LogP contribution in [0.15, 0.2) is 12.1 Å². The van der Waals surface area contributed by atoms with Crippen LogP contribution in [0.5, 0.6) is 0 Å². The molecule has 3 N–H and O–H groups in total. The monoisotopic (exact) mass is 252 g/mol. The maximum atomic E-state index is 12.0. The normalized spacial score (nSPS) is 18.2. The van der Waals surface area contributed by atoms with Gasteiger partial charge in [0.05, 0.1) is 4.88 Å². The van der Waals surface area contributed by atoms with Crippen LogP contribution >= 0.6 is 11.3 Å². The molecule has 1 amide bonds. The standard InChI is InChI=1S/C13H20N2OS/c1-9-6-7-12(17-9)13(16)15-11(8-14)10-4-2-3-5-10/h6-7,10-11H,2-5,8,14H2,1H3,(H,15,16). The Bertz CT molecular complexity index is 383. The average molecular weight is 252 g/mol. The van der Waals surface area contributed by atoms with Crippen LogP contribution in [0.4, 0.5) is 0 Å². The van der Waals surface area contributed by atoms with Gasteiger partial charge in [0, 0.05) is 17.5 Å². The summed E-state index contributed by atoms with van der Waals surface area (Å²) in [6.45, 7) is 2.56. The van der Waals surface area contributed by atoms with Gasteiger partial charge >= 0.3 is 0 Å². The fourth-order valence-corrected chi connectivity index (χ4v) is 3.30. The lowest BCUT2D eigenvalue weighted by molar-refractivity contribution is 0.0928. The third-order valence-electron chi connectivity index (χ3n) is 3.50. The van der Waals surface area contributed by atoms with Crippen molar-refractivity contribution in [2.75, 3.05) is 6.54 Å². The van der Waals surface area contributed by atoms with E-state index in [1.165, 1.54) is 41.9 Å². The summed E-state index contributed by atoms with van der Waals surface area (Å²) in [5.41, 5.74) is 5.77. The van der Waals surface area contributed by atoms with Crippen LogP contribution in [0.3, 0.4) is 0 Å². The lowest BCUT2D eigenvalue weighted by Crippen LogP contribution is -2.44. The molecule has 1 aliphatic carbocycles. The minimum Gasteiger partial charge on any atom is -0.347 e. The molecule has 1 fully saturated rings. The molecule has 0 bridgehead atoms. The molecule has 1 unspecified atom stereocenters. The highest BCUT2D eigenvalue weighted by atomic mass is 32.1. The molecule has 1 heterocycles. The van der Waals surface area contributed by atoms with Crippen molar-refractivity contribution in [1.29, 1.82) is 0 Å². The van der Waals surface area contributed by atoms with E-state index in [-0.39, 0.29) is 11.9 Å². The van der Waals surface area contributed by atoms with Crippen molar-refractivity contribution in [1.82, 2.24) is 5.32 Å². The van der Waals surface area contributed by atoms with Crippen LogP contribution < -0.4 is 11.1 Å². The summed E-state index contributed by atoms with van der Waals surface area (Å²) in [7, 11) is 0. The van der Waals surface area contributed by atoms with Crippen molar-refractivity contribution in [3.8, 4) is 0 Å². The summed E-state index contributed by atoms with van der Waals surface area (Å²) in [5.74, 6) is 0.607. The number of carbonyl (C=O) groups excluding carboxylic acids is 1. The predicted molar refractivity (Wildman–Crippen MR) is 71.3 cm³/mol. The Kier molecular flexibility index (Phi) is 4.18. The fourth-order valence-electron chi connectivity index (χ4n) is 2.53. The highest BCUT2D eigenvalue weighted by molar-refractivity contribution is 7.13. The third kappa shape index (κ3) is 3.07. The number of nitrogens with two attached hydrogens (primary N) is 1. The van der Waals surface area contributed by atoms with E-state index < -0.39 is 0 Å². The first-order valence-corrected chi connectivity index (χ1v) is 7.09.